The Morgan fingerprint density at radius 2 is 1.81 bits per heavy atom. The number of carbonyl (C=O) groups is 2. The molecule has 37 heavy (non-hydrogen) atoms. The molecule has 3 aromatic carbocycles. The van der Waals surface area contributed by atoms with Crippen LogP contribution in [0.3, 0.4) is 0 Å². The molecule has 1 fully saturated rings. The highest BCUT2D eigenvalue weighted by atomic mass is 79.9. The number of sulfonamides is 1. The maximum absolute atomic E-state index is 13.4. The summed E-state index contributed by atoms with van der Waals surface area (Å²) in [6.45, 7) is 2.92. The molecule has 192 valence electrons. The largest absolute Gasteiger partial charge is 0.449 e. The molecule has 2 aliphatic rings. The Morgan fingerprint density at radius 3 is 2.57 bits per heavy atom. The van der Waals surface area contributed by atoms with Gasteiger partial charge in [-0.3, -0.25) is 4.79 Å². The summed E-state index contributed by atoms with van der Waals surface area (Å²) in [5.41, 5.74) is 3.69. The van der Waals surface area contributed by atoms with E-state index in [1.165, 1.54) is 22.5 Å². The molecule has 5 rings (SSSR count). The van der Waals surface area contributed by atoms with E-state index in [9.17, 15) is 18.0 Å². The van der Waals surface area contributed by atoms with Crippen molar-refractivity contribution in [1.82, 2.24) is 4.31 Å². The summed E-state index contributed by atoms with van der Waals surface area (Å²) in [5.74, 6) is -1.17. The lowest BCUT2D eigenvalue weighted by Gasteiger charge is -2.28. The monoisotopic (exact) mass is 602 g/mol. The predicted octanol–water partition coefficient (Wildman–Crippen LogP) is 5.12. The molecule has 2 aliphatic heterocycles. The molecule has 1 saturated heterocycles. The number of hydrogen-bond acceptors (Lipinski definition) is 5. The first-order valence-electron chi connectivity index (χ1n) is 11.8. The molecular formula is C27H24BrClN2O5S. The maximum Gasteiger partial charge on any atom is 0.340 e. The number of nitrogens with zero attached hydrogens (tertiary/aromatic N) is 2. The van der Waals surface area contributed by atoms with Gasteiger partial charge in [-0.25, -0.2) is 13.2 Å². The van der Waals surface area contributed by atoms with Crippen LogP contribution < -0.4 is 4.90 Å². The summed E-state index contributed by atoms with van der Waals surface area (Å²) < 4.78 is 34.6. The second-order valence-electron chi connectivity index (χ2n) is 9.10. The number of ether oxygens (including phenoxy) is 1. The molecule has 2 heterocycles. The fourth-order valence-electron chi connectivity index (χ4n) is 4.65. The highest BCUT2D eigenvalue weighted by Crippen LogP contribution is 2.30. The standard InChI is InChI=1S/C27H24BrClN2O5S/c1-17-14-20(6-8-23(17)28)31-13-11-25(26(31)32)36-27(33)22-15-21(7-9-24(22)29)37(34,35)30-12-10-18-4-2-3-5-19(18)16-30/h2-9,14-15,25H,10-13,16H2,1H3. The number of hydrogen-bond donors (Lipinski definition) is 0. The lowest BCUT2D eigenvalue weighted by Crippen LogP contribution is -2.36. The van der Waals surface area contributed by atoms with E-state index in [1.807, 2.05) is 49.4 Å². The van der Waals surface area contributed by atoms with Gasteiger partial charge in [0, 0.05) is 36.2 Å². The van der Waals surface area contributed by atoms with Crippen LogP contribution in [0.2, 0.25) is 5.02 Å². The van der Waals surface area contributed by atoms with Gasteiger partial charge in [-0.2, -0.15) is 4.31 Å². The van der Waals surface area contributed by atoms with Crippen LogP contribution in [0.1, 0.15) is 33.5 Å². The number of amides is 1. The van der Waals surface area contributed by atoms with Gasteiger partial charge in [0.2, 0.25) is 10.0 Å². The zero-order valence-electron chi connectivity index (χ0n) is 20.0. The Labute approximate surface area is 229 Å². The number of esters is 1. The number of carbonyl (C=O) groups excluding carboxylic acids is 2. The number of fused-ring (bicyclic) bond motifs is 1. The van der Waals surface area contributed by atoms with Crippen molar-refractivity contribution in [3.05, 3.63) is 92.4 Å². The quantitative estimate of drug-likeness (QED) is 0.378. The van der Waals surface area contributed by atoms with Crippen LogP contribution in [0, 0.1) is 6.92 Å². The lowest BCUT2D eigenvalue weighted by atomic mass is 10.0. The smallest absolute Gasteiger partial charge is 0.340 e. The first-order valence-corrected chi connectivity index (χ1v) is 14.4. The minimum atomic E-state index is -3.88. The molecular weight excluding hydrogens is 580 g/mol. The van der Waals surface area contributed by atoms with Gasteiger partial charge in [0.1, 0.15) is 0 Å². The molecule has 1 unspecified atom stereocenters. The minimum absolute atomic E-state index is 0.0482. The first-order chi connectivity index (χ1) is 17.6. The van der Waals surface area contributed by atoms with Crippen LogP contribution in [0.25, 0.3) is 0 Å². The normalized spacial score (nSPS) is 18.1. The summed E-state index contributed by atoms with van der Waals surface area (Å²) in [6.07, 6.45) is -0.0511. The van der Waals surface area contributed by atoms with Crippen LogP contribution >= 0.6 is 27.5 Å². The second kappa shape index (κ2) is 10.2. The Bertz CT molecular complexity index is 1510. The molecule has 0 aromatic heterocycles. The molecule has 0 radical (unpaired) electrons. The molecule has 0 N–H and O–H groups in total. The van der Waals surface area contributed by atoms with Gasteiger partial charge in [-0.15, -0.1) is 0 Å². The van der Waals surface area contributed by atoms with Crippen LogP contribution in [0.4, 0.5) is 5.69 Å². The number of aryl methyl sites for hydroxylation is 1. The summed E-state index contributed by atoms with van der Waals surface area (Å²) in [6, 6.07) is 17.3. The summed E-state index contributed by atoms with van der Waals surface area (Å²) in [5, 5.41) is 0.0544. The van der Waals surface area contributed by atoms with E-state index in [0.29, 0.717) is 25.9 Å². The highest BCUT2D eigenvalue weighted by molar-refractivity contribution is 9.10. The number of halogens is 2. The molecule has 1 amide bonds. The van der Waals surface area contributed by atoms with Crippen LogP contribution in [0.5, 0.6) is 0 Å². The average Bonchev–Trinajstić information content (AvgIpc) is 3.25. The zero-order valence-corrected chi connectivity index (χ0v) is 23.1. The van der Waals surface area contributed by atoms with Crippen molar-refractivity contribution in [2.24, 2.45) is 0 Å². The van der Waals surface area contributed by atoms with Gasteiger partial charge in [0.05, 0.1) is 15.5 Å². The first kappa shape index (κ1) is 25.9. The van der Waals surface area contributed by atoms with Crippen molar-refractivity contribution in [2.45, 2.75) is 37.3 Å². The van der Waals surface area contributed by atoms with Gasteiger partial charge in [0.25, 0.3) is 5.91 Å². The average molecular weight is 604 g/mol. The third-order valence-corrected chi connectivity index (χ3v) is 9.81. The number of benzene rings is 3. The third kappa shape index (κ3) is 5.05. The topological polar surface area (TPSA) is 84.0 Å². The van der Waals surface area contributed by atoms with E-state index in [-0.39, 0.29) is 27.9 Å². The Hall–Kier alpha value is -2.72. The molecule has 0 bridgehead atoms. The molecule has 0 spiro atoms. The van der Waals surface area contributed by atoms with Gasteiger partial charge < -0.3 is 9.64 Å². The molecule has 0 saturated carbocycles. The van der Waals surface area contributed by atoms with Crippen LogP contribution in [-0.2, 0) is 32.5 Å². The van der Waals surface area contributed by atoms with Gasteiger partial charge in [0.15, 0.2) is 6.10 Å². The van der Waals surface area contributed by atoms with Crippen molar-refractivity contribution >= 4 is 55.1 Å². The Morgan fingerprint density at radius 1 is 1.05 bits per heavy atom. The SMILES string of the molecule is Cc1cc(N2CCC(OC(=O)c3cc(S(=O)(=O)N4CCc5ccccc5C4)ccc3Cl)C2=O)ccc1Br. The van der Waals surface area contributed by atoms with Crippen molar-refractivity contribution < 1.29 is 22.7 Å². The fourth-order valence-corrected chi connectivity index (χ4v) is 6.54. The van der Waals surface area contributed by atoms with Gasteiger partial charge >= 0.3 is 5.97 Å². The van der Waals surface area contributed by atoms with E-state index in [2.05, 4.69) is 15.9 Å². The number of rotatable bonds is 5. The summed E-state index contributed by atoms with van der Waals surface area (Å²) in [7, 11) is -3.88. The van der Waals surface area contributed by atoms with Gasteiger partial charge in [-0.1, -0.05) is 51.8 Å². The van der Waals surface area contributed by atoms with Gasteiger partial charge in [-0.05, 0) is 66.4 Å². The summed E-state index contributed by atoms with van der Waals surface area (Å²) in [4.78, 5) is 27.6. The van der Waals surface area contributed by atoms with Crippen LogP contribution in [0.15, 0.2) is 70.0 Å². The lowest BCUT2D eigenvalue weighted by molar-refractivity contribution is -0.124. The number of anilines is 1. The second-order valence-corrected chi connectivity index (χ2v) is 12.3. The van der Waals surface area contributed by atoms with Crippen molar-refractivity contribution in [1.29, 1.82) is 0 Å². The zero-order chi connectivity index (χ0) is 26.3. The molecule has 7 nitrogen and oxygen atoms in total. The van der Waals surface area contributed by atoms with Crippen molar-refractivity contribution in [2.75, 3.05) is 18.0 Å². The van der Waals surface area contributed by atoms with E-state index >= 15 is 0 Å². The highest BCUT2D eigenvalue weighted by Gasteiger charge is 2.36. The minimum Gasteiger partial charge on any atom is -0.449 e. The Kier molecular flexibility index (Phi) is 7.15. The third-order valence-electron chi connectivity index (χ3n) is 6.75. The van der Waals surface area contributed by atoms with Crippen molar-refractivity contribution in [3.63, 3.8) is 0 Å². The fraction of sp³-hybridized carbons (Fsp3) is 0.259. The molecule has 10 heteroatoms. The summed E-state index contributed by atoms with van der Waals surface area (Å²) >= 11 is 9.71. The van der Waals surface area contributed by atoms with Crippen molar-refractivity contribution in [3.8, 4) is 0 Å². The predicted molar refractivity (Wildman–Crippen MR) is 144 cm³/mol. The molecule has 0 aliphatic carbocycles. The van der Waals surface area contributed by atoms with Crippen LogP contribution in [-0.4, -0.2) is 43.8 Å². The maximum atomic E-state index is 13.4. The van der Waals surface area contributed by atoms with E-state index in [4.69, 9.17) is 16.3 Å². The molecule has 1 atom stereocenters. The molecule has 3 aromatic rings. The van der Waals surface area contributed by atoms with E-state index < -0.39 is 22.1 Å². The van der Waals surface area contributed by atoms with E-state index in [0.717, 1.165) is 26.9 Å². The Balaban J connectivity index is 1.33. The van der Waals surface area contributed by atoms with E-state index in [1.54, 1.807) is 4.90 Å².